The molecular weight excluding hydrogens is 541 g/mol. The van der Waals surface area contributed by atoms with Crippen LogP contribution in [0.15, 0.2) is 72.8 Å². The van der Waals surface area contributed by atoms with Crippen molar-refractivity contribution in [3.05, 3.63) is 72.8 Å². The Morgan fingerprint density at radius 2 is 0.914 bits per heavy atom. The zero-order valence-electron chi connectivity index (χ0n) is 21.7. The van der Waals surface area contributed by atoms with Crippen molar-refractivity contribution in [2.75, 3.05) is 24.6 Å². The first-order chi connectivity index (χ1) is 17.1. The Kier molecular flexibility index (Phi) is 16.1. The van der Waals surface area contributed by atoms with Gasteiger partial charge in [0, 0.05) is 0 Å². The van der Waals surface area contributed by atoms with E-state index in [9.17, 15) is 0 Å². The second kappa shape index (κ2) is 18.1. The summed E-state index contributed by atoms with van der Waals surface area (Å²) in [5.74, 6) is 0. The molecule has 0 saturated carbocycles. The summed E-state index contributed by atoms with van der Waals surface area (Å²) in [5, 5.41) is 8.88. The van der Waals surface area contributed by atoms with Gasteiger partial charge in [-0.05, 0) is 24.6 Å². The third-order valence-electron chi connectivity index (χ3n) is 5.91. The summed E-state index contributed by atoms with van der Waals surface area (Å²) in [5.41, 5.74) is 0. The fourth-order valence-corrected chi connectivity index (χ4v) is 9.38. The summed E-state index contributed by atoms with van der Waals surface area (Å²) in [6.45, 7) is 9.20. The van der Waals surface area contributed by atoms with Gasteiger partial charge in [-0.2, -0.15) is 12.1 Å². The van der Waals surface area contributed by atoms with E-state index in [2.05, 4.69) is 100 Å². The molecule has 4 aromatic carbocycles. The quantitative estimate of drug-likeness (QED) is 0.0994. The number of benzene rings is 2. The van der Waals surface area contributed by atoms with E-state index in [1.54, 1.807) is 10.6 Å². The maximum atomic E-state index is 4.89. The molecule has 0 amide bonds. The van der Waals surface area contributed by atoms with Crippen LogP contribution in [-0.2, 0) is 17.0 Å². The summed E-state index contributed by atoms with van der Waals surface area (Å²) in [4.78, 5) is 0. The van der Waals surface area contributed by atoms with Gasteiger partial charge in [0.25, 0.3) is 0 Å². The van der Waals surface area contributed by atoms with Gasteiger partial charge in [-0.15, -0.1) is 80.7 Å². The molecule has 0 atom stereocenters. The van der Waals surface area contributed by atoms with Crippen LogP contribution in [0.25, 0.3) is 21.5 Å². The molecule has 4 rings (SSSR count). The predicted molar refractivity (Wildman–Crippen MR) is 165 cm³/mol. The zero-order chi connectivity index (χ0) is 25.5. The van der Waals surface area contributed by atoms with Crippen molar-refractivity contribution in [3.8, 4) is 0 Å². The summed E-state index contributed by atoms with van der Waals surface area (Å²) < 4.78 is 0. The number of rotatable bonds is 10. The Morgan fingerprint density at radius 3 is 1.20 bits per heavy atom. The van der Waals surface area contributed by atoms with Gasteiger partial charge >= 0.3 is 35.6 Å². The Morgan fingerprint density at radius 1 is 0.600 bits per heavy atom. The molecule has 0 aliphatic carbocycles. The first kappa shape index (κ1) is 31.0. The van der Waals surface area contributed by atoms with Gasteiger partial charge in [0.1, 0.15) is 0 Å². The summed E-state index contributed by atoms with van der Waals surface area (Å²) >= 11 is -0.556. The standard InChI is InChI=1S/2C15H20P.2ClH.Ti/c2*1-3-9-16(10-4-2)15-11-13-7-5-6-8-14(13)12-15;;;/h2*5-8,11-12H,3-4,9-10H2,1-2H3;2*1H;/q2*-1;;;+2/p-2. The van der Waals surface area contributed by atoms with Crippen LogP contribution in [0, 0.1) is 0 Å². The minimum absolute atomic E-state index is 0.0972. The van der Waals surface area contributed by atoms with Gasteiger partial charge < -0.3 is 0 Å². The molecule has 190 valence electrons. The Hall–Kier alpha value is -0.186. The van der Waals surface area contributed by atoms with Crippen LogP contribution in [0.2, 0.25) is 0 Å². The molecule has 35 heavy (non-hydrogen) atoms. The summed E-state index contributed by atoms with van der Waals surface area (Å²) in [6, 6.07) is 27.1. The zero-order valence-corrected chi connectivity index (χ0v) is 26.6. The second-order valence-electron chi connectivity index (χ2n) is 8.73. The van der Waals surface area contributed by atoms with Gasteiger partial charge in [0.2, 0.25) is 0 Å². The van der Waals surface area contributed by atoms with E-state index >= 15 is 0 Å². The summed E-state index contributed by atoms with van der Waals surface area (Å²) in [7, 11) is 9.97. The van der Waals surface area contributed by atoms with Crippen molar-refractivity contribution in [2.45, 2.75) is 53.4 Å². The molecule has 5 heteroatoms. The van der Waals surface area contributed by atoms with E-state index in [1.807, 2.05) is 0 Å². The molecule has 0 unspecified atom stereocenters. The van der Waals surface area contributed by atoms with E-state index in [1.165, 1.54) is 71.9 Å². The molecule has 0 saturated heterocycles. The topological polar surface area (TPSA) is 0 Å². The number of halogens is 2. The average molecular weight is 581 g/mol. The molecule has 4 aromatic rings. The molecule has 0 heterocycles. The van der Waals surface area contributed by atoms with Crippen molar-refractivity contribution in [1.82, 2.24) is 0 Å². The Labute approximate surface area is 233 Å². The van der Waals surface area contributed by atoms with Crippen molar-refractivity contribution in [2.24, 2.45) is 0 Å². The van der Waals surface area contributed by atoms with Crippen LogP contribution in [-0.4, -0.2) is 24.6 Å². The van der Waals surface area contributed by atoms with Crippen molar-refractivity contribution in [3.63, 3.8) is 0 Å². The third kappa shape index (κ3) is 10.2. The first-order valence-corrected chi connectivity index (χ1v) is 20.6. The SMILES string of the molecule is CCCP(CCC)c1cc2ccccc2[cH-]1.CCCP(CCC)c1cc2ccccc2[cH-]1.[Cl][Ti][Cl]. The molecule has 0 spiro atoms. The van der Waals surface area contributed by atoms with Crippen molar-refractivity contribution in [1.29, 1.82) is 0 Å². The van der Waals surface area contributed by atoms with Crippen LogP contribution in [0.4, 0.5) is 0 Å². The van der Waals surface area contributed by atoms with Crippen LogP contribution >= 0.6 is 34.5 Å². The molecule has 0 bridgehead atoms. The number of hydrogen-bond acceptors (Lipinski definition) is 0. The summed E-state index contributed by atoms with van der Waals surface area (Å²) in [6.07, 6.45) is 10.8. The van der Waals surface area contributed by atoms with Crippen molar-refractivity contribution < 1.29 is 17.0 Å². The fraction of sp³-hybridized carbons (Fsp3) is 0.400. The molecule has 0 radical (unpaired) electrons. The fourth-order valence-electron chi connectivity index (χ4n) is 4.45. The van der Waals surface area contributed by atoms with E-state index in [0.717, 1.165) is 0 Å². The van der Waals surface area contributed by atoms with Gasteiger partial charge in [-0.25, -0.2) is 0 Å². The maximum absolute atomic E-state index is 4.89. The second-order valence-corrected chi connectivity index (χ2v) is 16.3. The van der Waals surface area contributed by atoms with E-state index < -0.39 is 17.0 Å². The van der Waals surface area contributed by atoms with Gasteiger partial charge in [-0.1, -0.05) is 81.4 Å². The van der Waals surface area contributed by atoms with Gasteiger partial charge in [0.05, 0.1) is 0 Å². The monoisotopic (exact) mass is 580 g/mol. The van der Waals surface area contributed by atoms with Crippen LogP contribution in [0.3, 0.4) is 0 Å². The van der Waals surface area contributed by atoms with Crippen LogP contribution in [0.5, 0.6) is 0 Å². The molecule has 0 aliphatic heterocycles. The Bertz CT molecular complexity index is 924. The average Bonchev–Trinajstić information content (AvgIpc) is 3.49. The molecular formula is C30H40Cl2P2Ti-2. The molecule has 0 fully saturated rings. The van der Waals surface area contributed by atoms with Gasteiger partial charge in [0.15, 0.2) is 0 Å². The minimum atomic E-state index is -0.556. The molecule has 0 nitrogen and oxygen atoms in total. The van der Waals surface area contributed by atoms with E-state index in [0.29, 0.717) is 0 Å². The normalized spacial score (nSPS) is 10.9. The number of fused-ring (bicyclic) bond motifs is 2. The molecule has 0 aromatic heterocycles. The Balaban J connectivity index is 0.000000222. The van der Waals surface area contributed by atoms with Crippen LogP contribution < -0.4 is 10.6 Å². The van der Waals surface area contributed by atoms with E-state index in [-0.39, 0.29) is 15.8 Å². The predicted octanol–water partition coefficient (Wildman–Crippen LogP) is 10.3. The molecule has 0 aliphatic rings. The van der Waals surface area contributed by atoms with Gasteiger partial charge in [-0.3, -0.25) is 0 Å². The number of hydrogen-bond donors (Lipinski definition) is 0. The van der Waals surface area contributed by atoms with E-state index in [4.69, 9.17) is 18.6 Å². The first-order valence-electron chi connectivity index (χ1n) is 12.9. The third-order valence-corrected chi connectivity index (χ3v) is 11.8. The molecule has 0 N–H and O–H groups in total. The van der Waals surface area contributed by atoms with Crippen LogP contribution in [0.1, 0.15) is 53.4 Å². The van der Waals surface area contributed by atoms with Crippen molar-refractivity contribution >= 4 is 66.6 Å².